The molecule has 1 atom stereocenters. The number of halogens is 2. The van der Waals surface area contributed by atoms with Gasteiger partial charge in [0.05, 0.1) is 16.6 Å². The number of carbonyl (C=O) groups is 2. The van der Waals surface area contributed by atoms with Gasteiger partial charge in [-0.15, -0.1) is 0 Å². The van der Waals surface area contributed by atoms with Crippen molar-refractivity contribution in [1.29, 1.82) is 0 Å². The first kappa shape index (κ1) is 16.8. The molecule has 1 saturated heterocycles. The Labute approximate surface area is 150 Å². The van der Waals surface area contributed by atoms with E-state index in [1.165, 1.54) is 0 Å². The third kappa shape index (κ3) is 3.40. The van der Waals surface area contributed by atoms with Crippen molar-refractivity contribution in [2.45, 2.75) is 13.3 Å². The Morgan fingerprint density at radius 1 is 1.21 bits per heavy atom. The molecule has 1 fully saturated rings. The molecule has 1 heterocycles. The molecular weight excluding hydrogens is 347 g/mol. The van der Waals surface area contributed by atoms with Gasteiger partial charge in [-0.3, -0.25) is 9.59 Å². The van der Waals surface area contributed by atoms with E-state index in [-0.39, 0.29) is 18.2 Å². The summed E-state index contributed by atoms with van der Waals surface area (Å²) in [6, 6.07) is 12.4. The van der Waals surface area contributed by atoms with Crippen molar-refractivity contribution in [3.05, 3.63) is 58.1 Å². The van der Waals surface area contributed by atoms with Crippen LogP contribution in [0.1, 0.15) is 12.0 Å². The van der Waals surface area contributed by atoms with E-state index < -0.39 is 5.92 Å². The molecule has 0 bridgehead atoms. The smallest absolute Gasteiger partial charge is 0.229 e. The molecule has 2 aromatic carbocycles. The molecule has 4 nitrogen and oxygen atoms in total. The maximum atomic E-state index is 12.5. The SMILES string of the molecule is Cc1ccc(Cl)cc1NC(=O)C1CC(=O)N(c2ccccc2Cl)C1. The highest BCUT2D eigenvalue weighted by Crippen LogP contribution is 2.31. The fourth-order valence-electron chi connectivity index (χ4n) is 2.75. The predicted octanol–water partition coefficient (Wildman–Crippen LogP) is 4.29. The van der Waals surface area contributed by atoms with Crippen LogP contribution in [0.15, 0.2) is 42.5 Å². The standard InChI is InChI=1S/C18H16Cl2N2O2/c1-11-6-7-13(19)9-15(11)21-18(24)12-8-17(23)22(10-12)16-5-3-2-4-14(16)20/h2-7,9,12H,8,10H2,1H3,(H,21,24). The van der Waals surface area contributed by atoms with E-state index in [2.05, 4.69) is 5.32 Å². The van der Waals surface area contributed by atoms with Crippen molar-refractivity contribution < 1.29 is 9.59 Å². The van der Waals surface area contributed by atoms with Gasteiger partial charge < -0.3 is 10.2 Å². The molecule has 0 saturated carbocycles. The average Bonchev–Trinajstić information content (AvgIpc) is 2.93. The van der Waals surface area contributed by atoms with Gasteiger partial charge in [0.1, 0.15) is 0 Å². The Hall–Kier alpha value is -2.04. The van der Waals surface area contributed by atoms with Crippen molar-refractivity contribution in [3.8, 4) is 0 Å². The molecule has 1 N–H and O–H groups in total. The van der Waals surface area contributed by atoms with Gasteiger partial charge in [0.2, 0.25) is 11.8 Å². The van der Waals surface area contributed by atoms with Crippen LogP contribution in [0.25, 0.3) is 0 Å². The second-order valence-corrected chi connectivity index (χ2v) is 6.65. The Kier molecular flexibility index (Phi) is 4.78. The Bertz CT molecular complexity index is 807. The zero-order valence-corrected chi connectivity index (χ0v) is 14.6. The average molecular weight is 363 g/mol. The number of rotatable bonds is 3. The van der Waals surface area contributed by atoms with Crippen molar-refractivity contribution in [2.75, 3.05) is 16.8 Å². The van der Waals surface area contributed by atoms with Crippen molar-refractivity contribution in [3.63, 3.8) is 0 Å². The van der Waals surface area contributed by atoms with E-state index in [4.69, 9.17) is 23.2 Å². The van der Waals surface area contributed by atoms with E-state index in [1.807, 2.05) is 19.1 Å². The quantitative estimate of drug-likeness (QED) is 0.884. The zero-order chi connectivity index (χ0) is 17.3. The van der Waals surface area contributed by atoms with E-state index in [0.29, 0.717) is 28.0 Å². The van der Waals surface area contributed by atoms with Crippen LogP contribution in [-0.4, -0.2) is 18.4 Å². The zero-order valence-electron chi connectivity index (χ0n) is 13.1. The van der Waals surface area contributed by atoms with Crippen LogP contribution >= 0.6 is 23.2 Å². The summed E-state index contributed by atoms with van der Waals surface area (Å²) in [5.41, 5.74) is 2.22. The number of carbonyl (C=O) groups excluding carboxylic acids is 2. The maximum Gasteiger partial charge on any atom is 0.229 e. The summed E-state index contributed by atoms with van der Waals surface area (Å²) < 4.78 is 0. The number of nitrogens with zero attached hydrogens (tertiary/aromatic N) is 1. The van der Waals surface area contributed by atoms with Gasteiger partial charge in [0, 0.05) is 23.7 Å². The van der Waals surface area contributed by atoms with Crippen LogP contribution < -0.4 is 10.2 Å². The molecule has 2 aromatic rings. The molecule has 3 rings (SSSR count). The Balaban J connectivity index is 1.75. The fourth-order valence-corrected chi connectivity index (χ4v) is 3.16. The minimum absolute atomic E-state index is 0.105. The first-order valence-electron chi connectivity index (χ1n) is 7.57. The van der Waals surface area contributed by atoms with Crippen LogP contribution in [0.3, 0.4) is 0 Å². The van der Waals surface area contributed by atoms with E-state index >= 15 is 0 Å². The lowest BCUT2D eigenvalue weighted by molar-refractivity contribution is -0.122. The van der Waals surface area contributed by atoms with Gasteiger partial charge in [0.15, 0.2) is 0 Å². The predicted molar refractivity (Wildman–Crippen MR) is 96.7 cm³/mol. The fraction of sp³-hybridized carbons (Fsp3) is 0.222. The second-order valence-electron chi connectivity index (χ2n) is 5.81. The Morgan fingerprint density at radius 3 is 2.71 bits per heavy atom. The first-order chi connectivity index (χ1) is 11.5. The molecule has 6 heteroatoms. The molecule has 124 valence electrons. The van der Waals surface area contributed by atoms with Gasteiger partial charge in [-0.25, -0.2) is 0 Å². The van der Waals surface area contributed by atoms with Crippen LogP contribution in [0.2, 0.25) is 10.0 Å². The second kappa shape index (κ2) is 6.83. The molecule has 1 aliphatic rings. The number of amides is 2. The first-order valence-corrected chi connectivity index (χ1v) is 8.33. The molecule has 0 radical (unpaired) electrons. The number of hydrogen-bond acceptors (Lipinski definition) is 2. The van der Waals surface area contributed by atoms with Gasteiger partial charge in [0.25, 0.3) is 0 Å². The largest absolute Gasteiger partial charge is 0.325 e. The summed E-state index contributed by atoms with van der Waals surface area (Å²) in [6.45, 7) is 2.20. The Morgan fingerprint density at radius 2 is 1.96 bits per heavy atom. The van der Waals surface area contributed by atoms with Gasteiger partial charge in [-0.05, 0) is 36.8 Å². The monoisotopic (exact) mass is 362 g/mol. The number of anilines is 2. The van der Waals surface area contributed by atoms with E-state index in [0.717, 1.165) is 5.56 Å². The lowest BCUT2D eigenvalue weighted by Gasteiger charge is -2.18. The summed E-state index contributed by atoms with van der Waals surface area (Å²) in [6.07, 6.45) is 0.163. The minimum Gasteiger partial charge on any atom is -0.325 e. The van der Waals surface area contributed by atoms with Gasteiger partial charge in [-0.2, -0.15) is 0 Å². The maximum absolute atomic E-state index is 12.5. The highest BCUT2D eigenvalue weighted by Gasteiger charge is 2.36. The molecule has 1 aliphatic heterocycles. The molecule has 1 unspecified atom stereocenters. The molecular formula is C18H16Cl2N2O2. The van der Waals surface area contributed by atoms with Crippen LogP contribution in [0, 0.1) is 12.8 Å². The van der Waals surface area contributed by atoms with Crippen LogP contribution in [0.4, 0.5) is 11.4 Å². The molecule has 0 aliphatic carbocycles. The highest BCUT2D eigenvalue weighted by molar-refractivity contribution is 6.34. The number of hydrogen-bond donors (Lipinski definition) is 1. The molecule has 0 spiro atoms. The van der Waals surface area contributed by atoms with Gasteiger partial charge in [-0.1, -0.05) is 41.4 Å². The van der Waals surface area contributed by atoms with Crippen LogP contribution in [0.5, 0.6) is 0 Å². The lowest BCUT2D eigenvalue weighted by atomic mass is 10.1. The molecule has 0 aromatic heterocycles. The lowest BCUT2D eigenvalue weighted by Crippen LogP contribution is -2.28. The van der Waals surface area contributed by atoms with Crippen molar-refractivity contribution in [2.24, 2.45) is 5.92 Å². The third-order valence-electron chi connectivity index (χ3n) is 4.10. The normalized spacial score (nSPS) is 17.2. The highest BCUT2D eigenvalue weighted by atomic mass is 35.5. The number of benzene rings is 2. The topological polar surface area (TPSA) is 49.4 Å². The van der Waals surface area contributed by atoms with E-state index in [1.54, 1.807) is 35.2 Å². The molecule has 2 amide bonds. The van der Waals surface area contributed by atoms with E-state index in [9.17, 15) is 9.59 Å². The van der Waals surface area contributed by atoms with Crippen LogP contribution in [-0.2, 0) is 9.59 Å². The third-order valence-corrected chi connectivity index (χ3v) is 4.65. The van der Waals surface area contributed by atoms with Crippen molar-refractivity contribution in [1.82, 2.24) is 0 Å². The minimum atomic E-state index is -0.424. The number of aryl methyl sites for hydroxylation is 1. The summed E-state index contributed by atoms with van der Waals surface area (Å²) in [5.74, 6) is -0.721. The molecule has 24 heavy (non-hydrogen) atoms. The van der Waals surface area contributed by atoms with Gasteiger partial charge >= 0.3 is 0 Å². The summed E-state index contributed by atoms with van der Waals surface area (Å²) in [4.78, 5) is 26.4. The number of para-hydroxylation sites is 1. The van der Waals surface area contributed by atoms with Crippen molar-refractivity contribution >= 4 is 46.4 Å². The summed E-state index contributed by atoms with van der Waals surface area (Å²) in [7, 11) is 0. The summed E-state index contributed by atoms with van der Waals surface area (Å²) >= 11 is 12.1. The number of nitrogens with one attached hydrogen (secondary N) is 1. The summed E-state index contributed by atoms with van der Waals surface area (Å²) in [5, 5.41) is 3.91.